The largest absolute Gasteiger partial charge is 0.326 e. The molecule has 2 aromatic rings. The maximum atomic E-state index is 6.42. The third-order valence-corrected chi connectivity index (χ3v) is 5.27. The molecule has 2 nitrogen and oxygen atoms in total. The van der Waals surface area contributed by atoms with Crippen molar-refractivity contribution in [3.63, 3.8) is 0 Å². The van der Waals surface area contributed by atoms with Crippen LogP contribution in [0.2, 0.25) is 5.02 Å². The number of nitrogens with zero attached hydrogens (tertiary/aromatic N) is 2. The Kier molecular flexibility index (Phi) is 3.96. The molecule has 0 bridgehead atoms. The first-order valence-corrected chi connectivity index (χ1v) is 8.30. The second-order valence-corrected chi connectivity index (χ2v) is 6.65. The molecule has 0 radical (unpaired) electrons. The van der Waals surface area contributed by atoms with Gasteiger partial charge in [-0.2, -0.15) is 0 Å². The molecule has 1 heterocycles. The average Bonchev–Trinajstić information content (AvgIpc) is 2.73. The van der Waals surface area contributed by atoms with Gasteiger partial charge in [0.2, 0.25) is 0 Å². The number of benzene rings is 1. The molecule has 1 aliphatic rings. The molecule has 108 valence electrons. The average molecular weight is 311 g/mol. The van der Waals surface area contributed by atoms with Gasteiger partial charge < -0.3 is 4.57 Å². The summed E-state index contributed by atoms with van der Waals surface area (Å²) in [5.74, 6) is 1.67. The highest BCUT2D eigenvalue weighted by Gasteiger charge is 2.36. The van der Waals surface area contributed by atoms with Gasteiger partial charge in [-0.3, -0.25) is 0 Å². The Bertz CT molecular complexity index is 609. The normalized spacial score (nSPS) is 17.4. The van der Waals surface area contributed by atoms with Gasteiger partial charge in [0.25, 0.3) is 0 Å². The Morgan fingerprint density at radius 3 is 2.75 bits per heavy atom. The number of aryl methyl sites for hydroxylation is 1. The van der Waals surface area contributed by atoms with Gasteiger partial charge in [0, 0.05) is 18.8 Å². The summed E-state index contributed by atoms with van der Waals surface area (Å²) in [4.78, 5) is 4.73. The third kappa shape index (κ3) is 2.33. The summed E-state index contributed by atoms with van der Waals surface area (Å²) in [5, 5.41) is 0.793. The van der Waals surface area contributed by atoms with Crippen molar-refractivity contribution in [1.82, 2.24) is 9.55 Å². The molecule has 1 saturated carbocycles. The second kappa shape index (κ2) is 5.57. The molecule has 1 aliphatic carbocycles. The molecule has 0 saturated heterocycles. The Hall–Kier alpha value is -0.730. The van der Waals surface area contributed by atoms with E-state index in [4.69, 9.17) is 28.2 Å². The van der Waals surface area contributed by atoms with Crippen LogP contribution in [0.15, 0.2) is 18.2 Å². The summed E-state index contributed by atoms with van der Waals surface area (Å²) in [6.45, 7) is 3.32. The van der Waals surface area contributed by atoms with E-state index in [1.54, 1.807) is 0 Å². The zero-order valence-electron chi connectivity index (χ0n) is 11.8. The van der Waals surface area contributed by atoms with Gasteiger partial charge in [-0.05, 0) is 36.8 Å². The van der Waals surface area contributed by atoms with Gasteiger partial charge in [0.05, 0.1) is 16.1 Å². The molecule has 0 N–H and O–H groups in total. The van der Waals surface area contributed by atoms with Crippen LogP contribution in [0, 0.1) is 5.41 Å². The van der Waals surface area contributed by atoms with Crippen molar-refractivity contribution in [2.75, 3.05) is 5.88 Å². The fourth-order valence-electron chi connectivity index (χ4n) is 3.27. The monoisotopic (exact) mass is 310 g/mol. The SMILES string of the molecule is CCC1(Cn2c(CCCl)nc3cccc(Cl)c32)CCC1. The summed E-state index contributed by atoms with van der Waals surface area (Å²) in [5.41, 5.74) is 2.51. The maximum absolute atomic E-state index is 6.42. The number of hydrogen-bond acceptors (Lipinski definition) is 1. The fourth-order valence-corrected chi connectivity index (χ4v) is 3.71. The lowest BCUT2D eigenvalue weighted by molar-refractivity contribution is 0.101. The number of rotatable bonds is 5. The Morgan fingerprint density at radius 1 is 1.35 bits per heavy atom. The highest BCUT2D eigenvalue weighted by Crippen LogP contribution is 2.46. The molecule has 1 aromatic carbocycles. The van der Waals surface area contributed by atoms with Crippen LogP contribution in [0.3, 0.4) is 0 Å². The van der Waals surface area contributed by atoms with E-state index in [1.807, 2.05) is 18.2 Å². The van der Waals surface area contributed by atoms with Crippen molar-refractivity contribution >= 4 is 34.2 Å². The van der Waals surface area contributed by atoms with Crippen LogP contribution in [0.4, 0.5) is 0 Å². The smallest absolute Gasteiger partial charge is 0.111 e. The summed E-state index contributed by atoms with van der Waals surface area (Å²) in [6.07, 6.45) is 5.99. The van der Waals surface area contributed by atoms with Gasteiger partial charge in [-0.1, -0.05) is 31.0 Å². The molecule has 3 rings (SSSR count). The summed E-state index contributed by atoms with van der Waals surface area (Å²) in [6, 6.07) is 5.95. The van der Waals surface area contributed by atoms with Gasteiger partial charge in [0.1, 0.15) is 5.82 Å². The van der Waals surface area contributed by atoms with E-state index in [2.05, 4.69) is 11.5 Å². The molecule has 20 heavy (non-hydrogen) atoms. The van der Waals surface area contributed by atoms with Crippen LogP contribution in [-0.2, 0) is 13.0 Å². The Morgan fingerprint density at radius 2 is 2.15 bits per heavy atom. The maximum Gasteiger partial charge on any atom is 0.111 e. The van der Waals surface area contributed by atoms with Crippen molar-refractivity contribution in [2.45, 2.75) is 45.6 Å². The number of para-hydroxylation sites is 1. The van der Waals surface area contributed by atoms with Crippen molar-refractivity contribution in [1.29, 1.82) is 0 Å². The fraction of sp³-hybridized carbons (Fsp3) is 0.562. The number of alkyl halides is 1. The highest BCUT2D eigenvalue weighted by atomic mass is 35.5. The van der Waals surface area contributed by atoms with E-state index in [9.17, 15) is 0 Å². The number of hydrogen-bond donors (Lipinski definition) is 0. The summed E-state index contributed by atoms with van der Waals surface area (Å²) < 4.78 is 2.32. The highest BCUT2D eigenvalue weighted by molar-refractivity contribution is 6.35. The standard InChI is InChI=1S/C16H20Cl2N2/c1-2-16(8-4-9-16)11-20-14(7-10-17)19-13-6-3-5-12(18)15(13)20/h3,5-6H,2,4,7-11H2,1H3. The van der Waals surface area contributed by atoms with Gasteiger partial charge in [-0.15, -0.1) is 11.6 Å². The topological polar surface area (TPSA) is 17.8 Å². The minimum atomic E-state index is 0.438. The molecule has 1 aromatic heterocycles. The second-order valence-electron chi connectivity index (χ2n) is 5.87. The predicted octanol–water partition coefficient (Wildman–Crippen LogP) is 5.05. The molecule has 1 fully saturated rings. The lowest BCUT2D eigenvalue weighted by Crippen LogP contribution is -2.34. The molecular weight excluding hydrogens is 291 g/mol. The molecular formula is C16H20Cl2N2. The van der Waals surface area contributed by atoms with Gasteiger partial charge in [-0.25, -0.2) is 4.98 Å². The molecule has 0 spiro atoms. The van der Waals surface area contributed by atoms with Gasteiger partial charge in [0.15, 0.2) is 0 Å². The lowest BCUT2D eigenvalue weighted by atomic mass is 9.67. The lowest BCUT2D eigenvalue weighted by Gasteiger charge is -2.42. The third-order valence-electron chi connectivity index (χ3n) is 4.77. The van der Waals surface area contributed by atoms with Crippen LogP contribution in [0.25, 0.3) is 11.0 Å². The minimum absolute atomic E-state index is 0.438. The van der Waals surface area contributed by atoms with E-state index >= 15 is 0 Å². The van der Waals surface area contributed by atoms with Crippen LogP contribution in [0.5, 0.6) is 0 Å². The first-order chi connectivity index (χ1) is 9.69. The number of imidazole rings is 1. The zero-order chi connectivity index (χ0) is 14.2. The van der Waals surface area contributed by atoms with Crippen LogP contribution in [0.1, 0.15) is 38.4 Å². The van der Waals surface area contributed by atoms with E-state index in [0.717, 1.165) is 34.8 Å². The molecule has 0 atom stereocenters. The zero-order valence-corrected chi connectivity index (χ0v) is 13.3. The Labute approximate surface area is 130 Å². The minimum Gasteiger partial charge on any atom is -0.326 e. The van der Waals surface area contributed by atoms with Crippen LogP contribution >= 0.6 is 23.2 Å². The van der Waals surface area contributed by atoms with E-state index in [-0.39, 0.29) is 0 Å². The first-order valence-electron chi connectivity index (χ1n) is 7.39. The van der Waals surface area contributed by atoms with Crippen molar-refractivity contribution in [3.05, 3.63) is 29.0 Å². The number of fused-ring (bicyclic) bond motifs is 1. The van der Waals surface area contributed by atoms with Crippen LogP contribution in [-0.4, -0.2) is 15.4 Å². The number of aromatic nitrogens is 2. The molecule has 4 heteroatoms. The first kappa shape index (κ1) is 14.2. The summed E-state index contributed by atoms with van der Waals surface area (Å²) in [7, 11) is 0. The Balaban J connectivity index is 2.08. The van der Waals surface area contributed by atoms with E-state index < -0.39 is 0 Å². The van der Waals surface area contributed by atoms with Crippen molar-refractivity contribution in [2.24, 2.45) is 5.41 Å². The quantitative estimate of drug-likeness (QED) is 0.706. The van der Waals surface area contributed by atoms with E-state index in [1.165, 1.54) is 25.7 Å². The predicted molar refractivity (Wildman–Crippen MR) is 85.7 cm³/mol. The van der Waals surface area contributed by atoms with Crippen molar-refractivity contribution < 1.29 is 0 Å². The van der Waals surface area contributed by atoms with Gasteiger partial charge >= 0.3 is 0 Å². The van der Waals surface area contributed by atoms with Crippen molar-refractivity contribution in [3.8, 4) is 0 Å². The van der Waals surface area contributed by atoms with Crippen LogP contribution < -0.4 is 0 Å². The van der Waals surface area contributed by atoms with E-state index in [0.29, 0.717) is 11.3 Å². The molecule has 0 amide bonds. The molecule has 0 unspecified atom stereocenters. The number of halogens is 2. The summed E-state index contributed by atoms with van der Waals surface area (Å²) >= 11 is 12.4. The molecule has 0 aliphatic heterocycles.